The lowest BCUT2D eigenvalue weighted by atomic mass is 9.82. The minimum absolute atomic E-state index is 0.00855. The van der Waals surface area contributed by atoms with Gasteiger partial charge in [-0.3, -0.25) is 9.69 Å². The van der Waals surface area contributed by atoms with Crippen molar-refractivity contribution in [2.24, 2.45) is 5.92 Å². The summed E-state index contributed by atoms with van der Waals surface area (Å²) in [6, 6.07) is 3.68. The number of likely N-dealkylation sites (tertiary alicyclic amines) is 1. The van der Waals surface area contributed by atoms with Crippen molar-refractivity contribution in [2.75, 3.05) is 13.2 Å². The van der Waals surface area contributed by atoms with Crippen LogP contribution in [0.1, 0.15) is 85.9 Å². The highest BCUT2D eigenvalue weighted by Crippen LogP contribution is 2.47. The molecule has 3 atom stereocenters. The van der Waals surface area contributed by atoms with E-state index >= 15 is 0 Å². The third-order valence-electron chi connectivity index (χ3n) is 7.14. The van der Waals surface area contributed by atoms with Gasteiger partial charge in [-0.05, 0) is 80.1 Å². The van der Waals surface area contributed by atoms with Crippen LogP contribution in [-0.2, 0) is 28.1 Å². The summed E-state index contributed by atoms with van der Waals surface area (Å²) in [5.41, 5.74) is -3.50. The zero-order valence-corrected chi connectivity index (χ0v) is 21.9. The van der Waals surface area contributed by atoms with E-state index < -0.39 is 58.8 Å². The smallest absolute Gasteiger partial charge is 0.416 e. The zero-order chi connectivity index (χ0) is 29.9. The highest BCUT2D eigenvalue weighted by atomic mass is 19.4. The van der Waals surface area contributed by atoms with Crippen LogP contribution in [0.5, 0.6) is 0 Å². The highest BCUT2D eigenvalue weighted by molar-refractivity contribution is 5.69. The summed E-state index contributed by atoms with van der Waals surface area (Å²) in [4.78, 5) is 13.8. The molecule has 1 heterocycles. The summed E-state index contributed by atoms with van der Waals surface area (Å²) in [5.74, 6) is -0.761. The van der Waals surface area contributed by atoms with E-state index in [1.807, 2.05) is 0 Å². The molecule has 0 N–H and O–H groups in total. The fraction of sp³-hybridized carbons (Fsp3) is 0.536. The third kappa shape index (κ3) is 7.70. The molecule has 222 valence electrons. The van der Waals surface area contributed by atoms with Gasteiger partial charge in [0.2, 0.25) is 0 Å². The normalized spacial score (nSPS) is 19.9. The fourth-order valence-corrected chi connectivity index (χ4v) is 5.34. The van der Waals surface area contributed by atoms with Gasteiger partial charge in [0, 0.05) is 18.5 Å². The minimum atomic E-state index is -4.93. The molecule has 0 aliphatic carbocycles. The molecule has 0 bridgehead atoms. The van der Waals surface area contributed by atoms with Crippen LogP contribution in [0.15, 0.2) is 42.5 Å². The number of rotatable bonds is 8. The van der Waals surface area contributed by atoms with E-state index in [2.05, 4.69) is 0 Å². The van der Waals surface area contributed by atoms with E-state index in [9.17, 15) is 44.3 Å². The first-order valence-electron chi connectivity index (χ1n) is 12.9. The summed E-state index contributed by atoms with van der Waals surface area (Å²) >= 11 is 0. The molecule has 2 aromatic rings. The number of esters is 1. The first-order valence-corrected chi connectivity index (χ1v) is 12.9. The monoisotopic (exact) mass is 583 g/mol. The summed E-state index contributed by atoms with van der Waals surface area (Å²) in [5, 5.41) is 0. The van der Waals surface area contributed by atoms with Crippen molar-refractivity contribution in [1.82, 2.24) is 4.90 Å². The Bertz CT molecular complexity index is 1140. The molecular weight excluding hydrogens is 553 g/mol. The van der Waals surface area contributed by atoms with Crippen LogP contribution < -0.4 is 0 Å². The van der Waals surface area contributed by atoms with Crippen LogP contribution in [0.4, 0.5) is 39.5 Å². The predicted octanol–water partition coefficient (Wildman–Crippen LogP) is 8.99. The molecule has 1 saturated heterocycles. The summed E-state index contributed by atoms with van der Waals surface area (Å²) in [7, 11) is 0. The van der Waals surface area contributed by atoms with Crippen LogP contribution >= 0.6 is 0 Å². The van der Waals surface area contributed by atoms with Gasteiger partial charge in [-0.2, -0.15) is 39.5 Å². The number of alkyl halides is 9. The molecule has 1 aliphatic rings. The van der Waals surface area contributed by atoms with Gasteiger partial charge in [0.25, 0.3) is 0 Å². The minimum Gasteiger partial charge on any atom is -0.466 e. The van der Waals surface area contributed by atoms with Crippen molar-refractivity contribution in [3.05, 3.63) is 70.3 Å². The summed E-state index contributed by atoms with van der Waals surface area (Å²) in [6.07, 6.45) is -13.5. The van der Waals surface area contributed by atoms with Crippen molar-refractivity contribution >= 4 is 5.97 Å². The van der Waals surface area contributed by atoms with E-state index in [0.29, 0.717) is 36.6 Å². The molecule has 1 aliphatic heterocycles. The van der Waals surface area contributed by atoms with Gasteiger partial charge in [-0.15, -0.1) is 0 Å². The van der Waals surface area contributed by atoms with Crippen molar-refractivity contribution in [1.29, 1.82) is 0 Å². The first kappa shape index (κ1) is 31.8. The number of carbonyl (C=O) groups excluding carboxylic acids is 1. The van der Waals surface area contributed by atoms with Crippen LogP contribution in [0, 0.1) is 5.92 Å². The van der Waals surface area contributed by atoms with Gasteiger partial charge < -0.3 is 4.74 Å². The molecule has 0 saturated carbocycles. The molecule has 40 heavy (non-hydrogen) atoms. The standard InChI is InChI=1S/C28H30F9NO2/c1-3-5-23(21-16-20(27(32,33)34)10-11-22(21)28(35,36)37)38-13-12-17(15-25(39)40-4-2)14-24(38)18-6-8-19(9-7-18)26(29,30)31/h6-11,16-17,23-24H,3-5,12-15H2,1-2H3/t17-,23?,24?/m0/s1. The number of carbonyl (C=O) groups is 1. The number of ether oxygens (including phenoxy) is 1. The third-order valence-corrected chi connectivity index (χ3v) is 7.14. The second-order valence-electron chi connectivity index (χ2n) is 9.87. The van der Waals surface area contributed by atoms with Crippen molar-refractivity contribution in [3.8, 4) is 0 Å². The van der Waals surface area contributed by atoms with E-state index in [-0.39, 0.29) is 38.3 Å². The number of benzene rings is 2. The second-order valence-corrected chi connectivity index (χ2v) is 9.87. The predicted molar refractivity (Wildman–Crippen MR) is 129 cm³/mol. The van der Waals surface area contributed by atoms with Gasteiger partial charge in [0.05, 0.1) is 23.3 Å². The number of hydrogen-bond donors (Lipinski definition) is 0. The molecule has 1 fully saturated rings. The molecule has 2 aromatic carbocycles. The SMILES string of the molecule is CCCC(c1cc(C(F)(F)F)ccc1C(F)(F)F)N1CC[C@H](CC(=O)OCC)CC1c1ccc(C(F)(F)F)cc1. The van der Waals surface area contributed by atoms with Crippen LogP contribution in [-0.4, -0.2) is 24.0 Å². The lowest BCUT2D eigenvalue weighted by molar-refractivity contribution is -0.145. The molecule has 0 aromatic heterocycles. The maximum absolute atomic E-state index is 14.0. The van der Waals surface area contributed by atoms with Crippen molar-refractivity contribution in [3.63, 3.8) is 0 Å². The Morgan fingerprint density at radius 1 is 0.900 bits per heavy atom. The van der Waals surface area contributed by atoms with E-state index in [1.54, 1.807) is 18.7 Å². The second kappa shape index (κ2) is 12.4. The lowest BCUT2D eigenvalue weighted by Gasteiger charge is -2.45. The van der Waals surface area contributed by atoms with Gasteiger partial charge in [-0.1, -0.05) is 25.5 Å². The molecule has 0 spiro atoms. The molecular formula is C28H30F9NO2. The molecule has 0 amide bonds. The largest absolute Gasteiger partial charge is 0.466 e. The van der Waals surface area contributed by atoms with Crippen LogP contribution in [0.25, 0.3) is 0 Å². The maximum Gasteiger partial charge on any atom is 0.416 e. The molecule has 0 radical (unpaired) electrons. The number of halogens is 9. The zero-order valence-electron chi connectivity index (χ0n) is 21.9. The molecule has 2 unspecified atom stereocenters. The topological polar surface area (TPSA) is 29.5 Å². The quantitative estimate of drug-likeness (QED) is 0.230. The number of nitrogens with zero attached hydrogens (tertiary/aromatic N) is 1. The van der Waals surface area contributed by atoms with Gasteiger partial charge in [0.1, 0.15) is 0 Å². The van der Waals surface area contributed by atoms with Crippen LogP contribution in [0.2, 0.25) is 0 Å². The fourth-order valence-electron chi connectivity index (χ4n) is 5.34. The first-order chi connectivity index (χ1) is 18.6. The van der Waals surface area contributed by atoms with Crippen LogP contribution in [0.3, 0.4) is 0 Å². The number of hydrogen-bond acceptors (Lipinski definition) is 3. The van der Waals surface area contributed by atoms with Gasteiger partial charge >= 0.3 is 24.5 Å². The Morgan fingerprint density at radius 3 is 2.02 bits per heavy atom. The van der Waals surface area contributed by atoms with E-state index in [0.717, 1.165) is 12.1 Å². The summed E-state index contributed by atoms with van der Waals surface area (Å²) in [6.45, 7) is 3.59. The highest BCUT2D eigenvalue weighted by Gasteiger charge is 2.42. The Hall–Kier alpha value is -2.76. The molecule has 3 rings (SSSR count). The maximum atomic E-state index is 14.0. The van der Waals surface area contributed by atoms with Gasteiger partial charge in [-0.25, -0.2) is 0 Å². The lowest BCUT2D eigenvalue weighted by Crippen LogP contribution is -2.40. The van der Waals surface area contributed by atoms with E-state index in [4.69, 9.17) is 4.74 Å². The Kier molecular flexibility index (Phi) is 9.85. The van der Waals surface area contributed by atoms with Gasteiger partial charge in [0.15, 0.2) is 0 Å². The Morgan fingerprint density at radius 2 is 1.50 bits per heavy atom. The summed E-state index contributed by atoms with van der Waals surface area (Å²) < 4.78 is 127. The van der Waals surface area contributed by atoms with E-state index in [1.165, 1.54) is 12.1 Å². The van der Waals surface area contributed by atoms with Crippen molar-refractivity contribution in [2.45, 2.75) is 76.6 Å². The molecule has 12 heteroatoms. The Labute approximate surface area is 226 Å². The number of piperidine rings is 1. The Balaban J connectivity index is 2.12. The average molecular weight is 584 g/mol. The average Bonchev–Trinajstić information content (AvgIpc) is 2.86. The van der Waals surface area contributed by atoms with Crippen molar-refractivity contribution < 1.29 is 49.0 Å². The molecule has 3 nitrogen and oxygen atoms in total.